The van der Waals surface area contributed by atoms with Crippen LogP contribution in [0.4, 0.5) is 4.39 Å². The van der Waals surface area contributed by atoms with E-state index in [0.29, 0.717) is 5.56 Å². The van der Waals surface area contributed by atoms with Crippen LogP contribution in [0.15, 0.2) is 33.2 Å². The molecular formula is C14H14Br2FNS. The van der Waals surface area contributed by atoms with Crippen LogP contribution in [-0.2, 0) is 0 Å². The third-order valence-electron chi connectivity index (χ3n) is 2.86. The summed E-state index contributed by atoms with van der Waals surface area (Å²) in [6, 6.07) is 7.02. The van der Waals surface area contributed by atoms with Gasteiger partial charge in [-0.1, -0.05) is 28.9 Å². The number of benzene rings is 1. The van der Waals surface area contributed by atoms with Gasteiger partial charge < -0.3 is 5.32 Å². The molecule has 102 valence electrons. The number of hydrogen-bond donors (Lipinski definition) is 1. The molecule has 0 spiro atoms. The minimum Gasteiger partial charge on any atom is -0.306 e. The zero-order valence-electron chi connectivity index (χ0n) is 10.6. The van der Waals surface area contributed by atoms with Crippen LogP contribution >= 0.6 is 43.2 Å². The summed E-state index contributed by atoms with van der Waals surface area (Å²) in [5, 5.41) is 3.36. The van der Waals surface area contributed by atoms with Crippen molar-refractivity contribution in [3.8, 4) is 0 Å². The largest absolute Gasteiger partial charge is 0.306 e. The van der Waals surface area contributed by atoms with E-state index in [1.165, 1.54) is 10.9 Å². The Balaban J connectivity index is 2.51. The highest BCUT2D eigenvalue weighted by molar-refractivity contribution is 9.10. The van der Waals surface area contributed by atoms with Gasteiger partial charge in [0, 0.05) is 24.3 Å². The highest BCUT2D eigenvalue weighted by Gasteiger charge is 2.22. The first-order valence-corrected chi connectivity index (χ1v) is 8.38. The van der Waals surface area contributed by atoms with E-state index in [1.807, 2.05) is 13.0 Å². The Bertz CT molecular complexity index is 543. The van der Waals surface area contributed by atoms with Crippen LogP contribution in [0, 0.1) is 12.7 Å². The van der Waals surface area contributed by atoms with Crippen molar-refractivity contribution in [1.82, 2.24) is 5.32 Å². The number of hydrogen-bond acceptors (Lipinski definition) is 2. The second-order valence-corrected chi connectivity index (χ2v) is 7.18. The van der Waals surface area contributed by atoms with E-state index in [4.69, 9.17) is 0 Å². The van der Waals surface area contributed by atoms with E-state index < -0.39 is 0 Å². The van der Waals surface area contributed by atoms with Gasteiger partial charge >= 0.3 is 0 Å². The van der Waals surface area contributed by atoms with Crippen LogP contribution in [0.2, 0.25) is 0 Å². The highest BCUT2D eigenvalue weighted by Crippen LogP contribution is 2.37. The first-order chi connectivity index (χ1) is 9.04. The molecule has 0 fully saturated rings. The van der Waals surface area contributed by atoms with Gasteiger partial charge in [0.2, 0.25) is 0 Å². The third-order valence-corrected chi connectivity index (χ3v) is 5.75. The lowest BCUT2D eigenvalue weighted by Crippen LogP contribution is -2.22. The fourth-order valence-electron chi connectivity index (χ4n) is 1.96. The van der Waals surface area contributed by atoms with Gasteiger partial charge in [0.05, 0.1) is 6.04 Å². The van der Waals surface area contributed by atoms with E-state index >= 15 is 0 Å². The van der Waals surface area contributed by atoms with Gasteiger partial charge in [-0.25, -0.2) is 4.39 Å². The molecule has 1 aromatic heterocycles. The van der Waals surface area contributed by atoms with E-state index in [1.54, 1.807) is 17.4 Å². The van der Waals surface area contributed by atoms with E-state index in [9.17, 15) is 4.39 Å². The molecule has 1 unspecified atom stereocenters. The third kappa shape index (κ3) is 3.27. The zero-order valence-corrected chi connectivity index (χ0v) is 14.6. The summed E-state index contributed by atoms with van der Waals surface area (Å²) < 4.78 is 16.0. The number of rotatable bonds is 4. The van der Waals surface area contributed by atoms with Crippen molar-refractivity contribution in [2.24, 2.45) is 0 Å². The van der Waals surface area contributed by atoms with Crippen molar-refractivity contribution in [2.45, 2.75) is 19.9 Å². The molecule has 0 saturated carbocycles. The second kappa shape index (κ2) is 6.48. The van der Waals surface area contributed by atoms with Crippen LogP contribution in [0.3, 0.4) is 0 Å². The van der Waals surface area contributed by atoms with Crippen molar-refractivity contribution in [3.05, 3.63) is 54.3 Å². The molecule has 0 radical (unpaired) electrons. The molecule has 0 aliphatic carbocycles. The number of halogens is 3. The normalized spacial score (nSPS) is 12.7. The van der Waals surface area contributed by atoms with Gasteiger partial charge in [-0.05, 0) is 47.6 Å². The second-order valence-electron chi connectivity index (χ2n) is 4.18. The maximum Gasteiger partial charge on any atom is 0.129 e. The van der Waals surface area contributed by atoms with Gasteiger partial charge in [0.15, 0.2) is 0 Å². The lowest BCUT2D eigenvalue weighted by Gasteiger charge is -2.19. The molecule has 1 aromatic carbocycles. The monoisotopic (exact) mass is 405 g/mol. The molecule has 1 nitrogen and oxygen atoms in total. The Labute approximate surface area is 133 Å². The quantitative estimate of drug-likeness (QED) is 0.714. The fraction of sp³-hybridized carbons (Fsp3) is 0.286. The molecule has 2 aromatic rings. The van der Waals surface area contributed by atoms with Crippen LogP contribution in [0.5, 0.6) is 0 Å². The Morgan fingerprint density at radius 3 is 2.58 bits per heavy atom. The smallest absolute Gasteiger partial charge is 0.129 e. The molecule has 0 aliphatic rings. The summed E-state index contributed by atoms with van der Waals surface area (Å²) in [5.41, 5.74) is 0.665. The van der Waals surface area contributed by atoms with Crippen molar-refractivity contribution >= 4 is 43.2 Å². The molecule has 0 amide bonds. The average Bonchev–Trinajstić information content (AvgIpc) is 2.68. The van der Waals surface area contributed by atoms with Crippen molar-refractivity contribution in [3.63, 3.8) is 0 Å². The summed E-state index contributed by atoms with van der Waals surface area (Å²) in [4.78, 5) is 2.31. The SMILES string of the molecule is CCNC(c1cc(Br)c(C)s1)c1c(F)cccc1Br. The first-order valence-electron chi connectivity index (χ1n) is 5.97. The maximum absolute atomic E-state index is 14.1. The summed E-state index contributed by atoms with van der Waals surface area (Å²) in [6.07, 6.45) is 0. The maximum atomic E-state index is 14.1. The Hall–Kier alpha value is -0.230. The number of thiophene rings is 1. The lowest BCUT2D eigenvalue weighted by atomic mass is 10.0. The van der Waals surface area contributed by atoms with Crippen molar-refractivity contribution in [2.75, 3.05) is 6.54 Å². The predicted molar refractivity (Wildman–Crippen MR) is 86.4 cm³/mol. The predicted octanol–water partition coefficient (Wildman–Crippen LogP) is 5.42. The Kier molecular flexibility index (Phi) is 5.17. The van der Waals surface area contributed by atoms with Gasteiger partial charge in [0.1, 0.15) is 5.82 Å². The average molecular weight is 407 g/mol. The number of aryl methyl sites for hydroxylation is 1. The van der Waals surface area contributed by atoms with Crippen LogP contribution in [0.25, 0.3) is 0 Å². The van der Waals surface area contributed by atoms with Crippen LogP contribution in [0.1, 0.15) is 28.3 Å². The van der Waals surface area contributed by atoms with Gasteiger partial charge in [0.25, 0.3) is 0 Å². The zero-order chi connectivity index (χ0) is 14.0. The molecule has 1 heterocycles. The molecule has 1 N–H and O–H groups in total. The van der Waals surface area contributed by atoms with E-state index in [2.05, 4.69) is 50.2 Å². The van der Waals surface area contributed by atoms with Gasteiger partial charge in [-0.15, -0.1) is 11.3 Å². The summed E-state index contributed by atoms with van der Waals surface area (Å²) in [7, 11) is 0. The van der Waals surface area contributed by atoms with E-state index in [-0.39, 0.29) is 11.9 Å². The van der Waals surface area contributed by atoms with Gasteiger partial charge in [-0.2, -0.15) is 0 Å². The van der Waals surface area contributed by atoms with Crippen LogP contribution in [-0.4, -0.2) is 6.54 Å². The fourth-order valence-corrected chi connectivity index (χ4v) is 4.18. The first kappa shape index (κ1) is 15.2. The summed E-state index contributed by atoms with van der Waals surface area (Å²) in [5.74, 6) is -0.192. The molecule has 0 bridgehead atoms. The molecule has 0 aliphatic heterocycles. The molecular weight excluding hydrogens is 393 g/mol. The summed E-state index contributed by atoms with van der Waals surface area (Å²) >= 11 is 8.65. The minimum absolute atomic E-state index is 0.129. The van der Waals surface area contributed by atoms with Crippen LogP contribution < -0.4 is 5.32 Å². The summed E-state index contributed by atoms with van der Waals surface area (Å²) in [6.45, 7) is 4.86. The standard InChI is InChI=1S/C14H14Br2FNS/c1-3-18-14(12-7-10(16)8(2)19-12)13-9(15)5-4-6-11(13)17/h4-7,14,18H,3H2,1-2H3. The molecule has 1 atom stereocenters. The molecule has 2 rings (SSSR count). The molecule has 0 saturated heterocycles. The minimum atomic E-state index is -0.192. The molecule has 5 heteroatoms. The highest BCUT2D eigenvalue weighted by atomic mass is 79.9. The Morgan fingerprint density at radius 2 is 2.05 bits per heavy atom. The van der Waals surface area contributed by atoms with E-state index in [0.717, 1.165) is 20.4 Å². The number of nitrogens with one attached hydrogen (secondary N) is 1. The van der Waals surface area contributed by atoms with Crippen molar-refractivity contribution < 1.29 is 4.39 Å². The van der Waals surface area contributed by atoms with Gasteiger partial charge in [-0.3, -0.25) is 0 Å². The Morgan fingerprint density at radius 1 is 1.32 bits per heavy atom. The van der Waals surface area contributed by atoms with Crippen molar-refractivity contribution in [1.29, 1.82) is 0 Å². The molecule has 19 heavy (non-hydrogen) atoms. The lowest BCUT2D eigenvalue weighted by molar-refractivity contribution is 0.561. The topological polar surface area (TPSA) is 12.0 Å².